The molecule has 0 spiro atoms. The molecular weight excluding hydrogens is 328 g/mol. The van der Waals surface area contributed by atoms with Gasteiger partial charge in [-0.2, -0.15) is 0 Å². The van der Waals surface area contributed by atoms with Gasteiger partial charge in [-0.3, -0.25) is 4.90 Å². The van der Waals surface area contributed by atoms with Crippen molar-refractivity contribution in [1.82, 2.24) is 14.5 Å². The fourth-order valence-corrected chi connectivity index (χ4v) is 4.44. The number of rotatable bonds is 3. The van der Waals surface area contributed by atoms with E-state index < -0.39 is 11.6 Å². The summed E-state index contributed by atoms with van der Waals surface area (Å²) in [5, 5.41) is 0. The first kappa shape index (κ1) is 16.0. The lowest BCUT2D eigenvalue weighted by Gasteiger charge is -2.28. The monoisotopic (exact) mass is 349 g/mol. The zero-order chi connectivity index (χ0) is 16.7. The van der Waals surface area contributed by atoms with Crippen molar-refractivity contribution in [1.29, 1.82) is 0 Å². The molecule has 2 aliphatic rings. The summed E-state index contributed by atoms with van der Waals surface area (Å²) in [7, 11) is 0. The Labute approximate surface area is 145 Å². The first-order valence-corrected chi connectivity index (χ1v) is 9.00. The van der Waals surface area contributed by atoms with E-state index in [0.717, 1.165) is 37.7 Å². The van der Waals surface area contributed by atoms with E-state index in [1.807, 2.05) is 6.20 Å². The molecule has 1 saturated heterocycles. The molecule has 24 heavy (non-hydrogen) atoms. The van der Waals surface area contributed by atoms with Crippen molar-refractivity contribution < 1.29 is 8.78 Å². The van der Waals surface area contributed by atoms with Crippen LogP contribution in [-0.4, -0.2) is 27.5 Å². The van der Waals surface area contributed by atoms with Crippen LogP contribution in [-0.2, 0) is 19.4 Å². The van der Waals surface area contributed by atoms with Crippen LogP contribution in [0.15, 0.2) is 18.3 Å². The molecule has 0 amide bonds. The molecule has 128 valence electrons. The Balaban J connectivity index is 1.62. The van der Waals surface area contributed by atoms with E-state index in [0.29, 0.717) is 23.2 Å². The largest absolute Gasteiger partial charge is 0.337 e. The predicted molar refractivity (Wildman–Crippen MR) is 91.5 cm³/mol. The number of fused-ring (bicyclic) bond motifs is 1. The number of likely N-dealkylation sites (tertiary alicyclic amines) is 1. The Morgan fingerprint density at radius 2 is 2.00 bits per heavy atom. The lowest BCUT2D eigenvalue weighted by Crippen LogP contribution is -2.25. The molecule has 0 saturated carbocycles. The molecule has 1 aromatic carbocycles. The van der Waals surface area contributed by atoms with Crippen molar-refractivity contribution >= 4 is 12.2 Å². The van der Waals surface area contributed by atoms with Gasteiger partial charge in [0.15, 0.2) is 4.77 Å². The van der Waals surface area contributed by atoms with Gasteiger partial charge in [-0.05, 0) is 74.6 Å². The zero-order valence-corrected chi connectivity index (χ0v) is 14.3. The van der Waals surface area contributed by atoms with Crippen molar-refractivity contribution in [2.24, 2.45) is 0 Å². The van der Waals surface area contributed by atoms with E-state index >= 15 is 0 Å². The molecule has 0 radical (unpaired) electrons. The van der Waals surface area contributed by atoms with E-state index in [9.17, 15) is 8.78 Å². The predicted octanol–water partition coefficient (Wildman–Crippen LogP) is 4.15. The first-order valence-electron chi connectivity index (χ1n) is 8.60. The summed E-state index contributed by atoms with van der Waals surface area (Å²) in [6, 6.07) is 2.62. The summed E-state index contributed by atoms with van der Waals surface area (Å²) in [5.41, 5.74) is 2.61. The SMILES string of the molecule is Fc1cc(F)c2c(c1)C[C@@H](n1c(CN3CCCC3)c[nH]c1=S)CC2. The fraction of sp³-hybridized carbons (Fsp3) is 0.500. The molecule has 1 atom stereocenters. The Morgan fingerprint density at radius 3 is 2.79 bits per heavy atom. The van der Waals surface area contributed by atoms with Crippen molar-refractivity contribution in [3.63, 3.8) is 0 Å². The average molecular weight is 349 g/mol. The molecule has 1 N–H and O–H groups in total. The number of nitrogens with one attached hydrogen (secondary N) is 1. The Morgan fingerprint density at radius 1 is 1.21 bits per heavy atom. The van der Waals surface area contributed by atoms with Crippen LogP contribution in [0.5, 0.6) is 0 Å². The number of H-pyrrole nitrogens is 1. The van der Waals surface area contributed by atoms with E-state index in [-0.39, 0.29) is 6.04 Å². The van der Waals surface area contributed by atoms with Crippen LogP contribution in [0.4, 0.5) is 8.78 Å². The number of hydrogen-bond acceptors (Lipinski definition) is 2. The van der Waals surface area contributed by atoms with Crippen LogP contribution in [0, 0.1) is 16.4 Å². The fourth-order valence-electron chi connectivity index (χ4n) is 4.11. The molecule has 1 fully saturated rings. The third-order valence-corrected chi connectivity index (χ3v) is 5.59. The molecule has 1 aliphatic heterocycles. The van der Waals surface area contributed by atoms with Gasteiger partial charge >= 0.3 is 0 Å². The number of imidazole rings is 1. The molecule has 1 aromatic heterocycles. The lowest BCUT2D eigenvalue weighted by molar-refractivity contribution is 0.310. The zero-order valence-electron chi connectivity index (χ0n) is 13.5. The van der Waals surface area contributed by atoms with Gasteiger partial charge in [0.1, 0.15) is 11.6 Å². The highest BCUT2D eigenvalue weighted by molar-refractivity contribution is 7.71. The quantitative estimate of drug-likeness (QED) is 0.842. The number of aromatic amines is 1. The smallest absolute Gasteiger partial charge is 0.177 e. The molecule has 3 nitrogen and oxygen atoms in total. The van der Waals surface area contributed by atoms with Gasteiger partial charge in [-0.25, -0.2) is 8.78 Å². The average Bonchev–Trinajstić information content (AvgIpc) is 3.17. The van der Waals surface area contributed by atoms with Crippen LogP contribution < -0.4 is 0 Å². The molecule has 0 bridgehead atoms. The third kappa shape index (κ3) is 2.93. The van der Waals surface area contributed by atoms with E-state index in [1.165, 1.54) is 24.6 Å². The minimum Gasteiger partial charge on any atom is -0.337 e. The van der Waals surface area contributed by atoms with Crippen LogP contribution in [0.1, 0.15) is 42.1 Å². The molecule has 2 aromatic rings. The molecule has 2 heterocycles. The number of aromatic nitrogens is 2. The van der Waals surface area contributed by atoms with Gasteiger partial charge in [0.25, 0.3) is 0 Å². The minimum atomic E-state index is -0.498. The topological polar surface area (TPSA) is 24.0 Å². The highest BCUT2D eigenvalue weighted by Crippen LogP contribution is 2.32. The van der Waals surface area contributed by atoms with Gasteiger partial charge in [0.2, 0.25) is 0 Å². The van der Waals surface area contributed by atoms with Crippen LogP contribution in [0.2, 0.25) is 0 Å². The van der Waals surface area contributed by atoms with E-state index in [4.69, 9.17) is 12.2 Å². The second kappa shape index (κ2) is 6.41. The number of benzene rings is 1. The maximum Gasteiger partial charge on any atom is 0.177 e. The highest BCUT2D eigenvalue weighted by atomic mass is 32.1. The van der Waals surface area contributed by atoms with Crippen molar-refractivity contribution in [3.8, 4) is 0 Å². The summed E-state index contributed by atoms with van der Waals surface area (Å²) in [6.07, 6.45) is 6.57. The van der Waals surface area contributed by atoms with Gasteiger partial charge in [0.05, 0.1) is 5.69 Å². The van der Waals surface area contributed by atoms with E-state index in [1.54, 1.807) is 0 Å². The summed E-state index contributed by atoms with van der Waals surface area (Å²) in [4.78, 5) is 5.59. The highest BCUT2D eigenvalue weighted by Gasteiger charge is 2.26. The molecule has 4 rings (SSSR count). The summed E-state index contributed by atoms with van der Waals surface area (Å²) in [5.74, 6) is -0.916. The normalized spacial score (nSPS) is 21.2. The Bertz CT molecular complexity index is 805. The van der Waals surface area contributed by atoms with Crippen molar-refractivity contribution in [2.75, 3.05) is 13.1 Å². The standard InChI is InChI=1S/C18H21F2N3S/c19-13-7-12-8-14(3-4-16(12)17(20)9-13)23-15(10-21-18(23)24)11-22-5-1-2-6-22/h7,9-10,14H,1-6,8,11H2,(H,21,24)/t14-/m0/s1. The molecule has 1 aliphatic carbocycles. The molecular formula is C18H21F2N3S. The maximum absolute atomic E-state index is 14.0. The second-order valence-corrected chi connectivity index (χ2v) is 7.25. The number of hydrogen-bond donors (Lipinski definition) is 1. The van der Waals surface area contributed by atoms with E-state index in [2.05, 4.69) is 14.5 Å². The van der Waals surface area contributed by atoms with Crippen molar-refractivity contribution in [3.05, 3.63) is 51.6 Å². The summed E-state index contributed by atoms with van der Waals surface area (Å²) < 4.78 is 30.4. The van der Waals surface area contributed by atoms with Crippen LogP contribution >= 0.6 is 12.2 Å². The molecule has 0 unspecified atom stereocenters. The summed E-state index contributed by atoms with van der Waals surface area (Å²) in [6.45, 7) is 3.14. The molecule has 6 heteroatoms. The van der Waals surface area contributed by atoms with Gasteiger partial charge in [-0.1, -0.05) is 0 Å². The van der Waals surface area contributed by atoms with Crippen LogP contribution in [0.3, 0.4) is 0 Å². The Hall–Kier alpha value is -1.53. The third-order valence-electron chi connectivity index (χ3n) is 5.28. The van der Waals surface area contributed by atoms with Crippen molar-refractivity contribution in [2.45, 2.75) is 44.7 Å². The van der Waals surface area contributed by atoms with Gasteiger partial charge < -0.3 is 9.55 Å². The number of halogens is 2. The van der Waals surface area contributed by atoms with Crippen LogP contribution in [0.25, 0.3) is 0 Å². The Kier molecular flexibility index (Phi) is 4.26. The summed E-state index contributed by atoms with van der Waals surface area (Å²) >= 11 is 5.49. The second-order valence-electron chi connectivity index (χ2n) is 6.86. The first-order chi connectivity index (χ1) is 11.6. The van der Waals surface area contributed by atoms with Gasteiger partial charge in [-0.15, -0.1) is 0 Å². The maximum atomic E-state index is 14.0. The minimum absolute atomic E-state index is 0.162. The lowest BCUT2D eigenvalue weighted by atomic mass is 9.87. The number of nitrogens with zero attached hydrogens (tertiary/aromatic N) is 2. The van der Waals surface area contributed by atoms with Gasteiger partial charge in [0, 0.05) is 24.8 Å².